The number of nitro groups is 1. The zero-order valence-electron chi connectivity index (χ0n) is 30.7. The SMILES string of the molecule is C#CCCC(=O)NC(C)(NC(=O)CCCOc1cc([N+](=O)[O-])c(C(C)OC(=O)CCCN=[N+]=[N-])cc1OC)C(=O)OCC1c2ccccc2-c2ccccc21. The first-order chi connectivity index (χ1) is 26.4. The lowest BCUT2D eigenvalue weighted by Gasteiger charge is -2.30. The molecule has 0 aliphatic heterocycles. The van der Waals surface area contributed by atoms with Crippen LogP contribution in [0.15, 0.2) is 65.8 Å². The van der Waals surface area contributed by atoms with Crippen molar-refractivity contribution in [2.45, 2.75) is 70.1 Å². The number of methoxy groups -OCH3 is 1. The summed E-state index contributed by atoms with van der Waals surface area (Å²) in [4.78, 5) is 65.8. The highest BCUT2D eigenvalue weighted by atomic mass is 16.6. The van der Waals surface area contributed by atoms with Crippen molar-refractivity contribution in [2.75, 3.05) is 26.9 Å². The van der Waals surface area contributed by atoms with Gasteiger partial charge in [-0.05, 0) is 60.5 Å². The number of carbonyl (C=O) groups is 4. The standard InChI is InChI=1S/C39H42N6O10/c1-5-6-17-35(46)42-39(3,38(49)54-24-31-28-15-9-7-13-26(28)27-14-8-10-16-29(27)31)43-36(47)18-12-21-53-34-23-32(45(50)51)30(22-33(34)52-4)25(2)55-37(48)19-11-20-41-44-40/h1,7-10,13-16,22-23,25,31H,6,11-12,17-21,24H2,2-4H3,(H,42,46)(H,43,47). The van der Waals surface area contributed by atoms with Crippen LogP contribution in [0.3, 0.4) is 0 Å². The molecule has 0 saturated carbocycles. The third-order valence-electron chi connectivity index (χ3n) is 8.79. The van der Waals surface area contributed by atoms with Crippen LogP contribution in [-0.2, 0) is 28.7 Å². The number of fused-ring (bicyclic) bond motifs is 3. The van der Waals surface area contributed by atoms with Crippen molar-refractivity contribution in [3.8, 4) is 35.0 Å². The van der Waals surface area contributed by atoms with Gasteiger partial charge in [0.1, 0.15) is 12.7 Å². The molecule has 0 bridgehead atoms. The Balaban J connectivity index is 1.39. The first-order valence-electron chi connectivity index (χ1n) is 17.5. The molecule has 2 N–H and O–H groups in total. The predicted molar refractivity (Wildman–Crippen MR) is 200 cm³/mol. The number of amides is 2. The van der Waals surface area contributed by atoms with Crippen molar-refractivity contribution in [1.29, 1.82) is 0 Å². The van der Waals surface area contributed by atoms with Crippen LogP contribution < -0.4 is 20.1 Å². The lowest BCUT2D eigenvalue weighted by atomic mass is 9.98. The lowest BCUT2D eigenvalue weighted by molar-refractivity contribution is -0.386. The molecule has 288 valence electrons. The lowest BCUT2D eigenvalue weighted by Crippen LogP contribution is -2.64. The van der Waals surface area contributed by atoms with Gasteiger partial charge in [-0.15, -0.1) is 12.3 Å². The number of hydrogen-bond donors (Lipinski definition) is 2. The first kappa shape index (κ1) is 41.2. The number of carbonyl (C=O) groups excluding carboxylic acids is 4. The molecular weight excluding hydrogens is 712 g/mol. The monoisotopic (exact) mass is 754 g/mol. The van der Waals surface area contributed by atoms with Gasteiger partial charge in [-0.1, -0.05) is 53.6 Å². The minimum atomic E-state index is -1.94. The Morgan fingerprint density at radius 3 is 2.24 bits per heavy atom. The molecule has 16 heteroatoms. The summed E-state index contributed by atoms with van der Waals surface area (Å²) in [7, 11) is 1.33. The average molecular weight is 755 g/mol. The number of rotatable bonds is 20. The molecule has 0 fully saturated rings. The van der Waals surface area contributed by atoms with Gasteiger partial charge in [0.15, 0.2) is 11.5 Å². The summed E-state index contributed by atoms with van der Waals surface area (Å²) in [5.74, 6) is -0.441. The number of nitrogens with one attached hydrogen (secondary N) is 2. The van der Waals surface area contributed by atoms with Crippen LogP contribution >= 0.6 is 0 Å². The zero-order valence-corrected chi connectivity index (χ0v) is 30.7. The Kier molecular flexibility index (Phi) is 14.6. The third-order valence-corrected chi connectivity index (χ3v) is 8.79. The van der Waals surface area contributed by atoms with Gasteiger partial charge in [0, 0.05) is 43.1 Å². The van der Waals surface area contributed by atoms with E-state index in [-0.39, 0.29) is 87.0 Å². The molecular formula is C39H42N6O10. The number of benzene rings is 3. The summed E-state index contributed by atoms with van der Waals surface area (Å²) in [5.41, 5.74) is 10.2. The molecule has 1 aliphatic carbocycles. The fourth-order valence-electron chi connectivity index (χ4n) is 6.14. The van der Waals surface area contributed by atoms with Gasteiger partial charge >= 0.3 is 11.9 Å². The van der Waals surface area contributed by atoms with E-state index in [1.54, 1.807) is 0 Å². The topological polar surface area (TPSA) is 221 Å². The normalized spacial score (nSPS) is 13.0. The number of nitrogens with zero attached hydrogens (tertiary/aromatic N) is 4. The second-order valence-corrected chi connectivity index (χ2v) is 12.7. The van der Waals surface area contributed by atoms with E-state index in [4.69, 9.17) is 30.9 Å². The maximum atomic E-state index is 13.6. The maximum absolute atomic E-state index is 13.6. The van der Waals surface area contributed by atoms with Gasteiger partial charge in [-0.25, -0.2) is 4.79 Å². The Hall–Kier alpha value is -6.59. The highest BCUT2D eigenvalue weighted by molar-refractivity contribution is 5.92. The summed E-state index contributed by atoms with van der Waals surface area (Å²) in [6, 6.07) is 18.1. The van der Waals surface area contributed by atoms with Gasteiger partial charge in [0.2, 0.25) is 17.5 Å². The minimum Gasteiger partial charge on any atom is -0.493 e. The molecule has 16 nitrogen and oxygen atoms in total. The summed E-state index contributed by atoms with van der Waals surface area (Å²) in [5, 5.41) is 20.5. The van der Waals surface area contributed by atoms with E-state index in [1.165, 1.54) is 27.0 Å². The molecule has 3 aromatic carbocycles. The van der Waals surface area contributed by atoms with E-state index in [0.717, 1.165) is 28.3 Å². The van der Waals surface area contributed by atoms with Crippen molar-refractivity contribution < 1.29 is 43.0 Å². The smallest absolute Gasteiger partial charge is 0.352 e. The fraction of sp³-hybridized carbons (Fsp3) is 0.385. The molecule has 2 atom stereocenters. The minimum absolute atomic E-state index is 0.00972. The van der Waals surface area contributed by atoms with Crippen molar-refractivity contribution >= 4 is 29.4 Å². The van der Waals surface area contributed by atoms with Crippen LogP contribution in [0.1, 0.15) is 81.1 Å². The van der Waals surface area contributed by atoms with Crippen LogP contribution in [-0.4, -0.2) is 61.2 Å². The number of azide groups is 1. The Labute approximate surface area is 317 Å². The van der Waals surface area contributed by atoms with Crippen molar-refractivity contribution in [2.24, 2.45) is 5.11 Å². The summed E-state index contributed by atoms with van der Waals surface area (Å²) < 4.78 is 22.3. The largest absolute Gasteiger partial charge is 0.493 e. The van der Waals surface area contributed by atoms with Crippen molar-refractivity contribution in [3.05, 3.63) is 97.9 Å². The van der Waals surface area contributed by atoms with E-state index < -0.39 is 40.4 Å². The molecule has 3 aromatic rings. The molecule has 4 rings (SSSR count). The number of terminal acetylenes is 1. The Morgan fingerprint density at radius 2 is 1.64 bits per heavy atom. The molecule has 2 unspecified atom stereocenters. The van der Waals surface area contributed by atoms with Gasteiger partial charge < -0.3 is 29.6 Å². The zero-order chi connectivity index (χ0) is 40.0. The Morgan fingerprint density at radius 1 is 1.00 bits per heavy atom. The van der Waals surface area contributed by atoms with E-state index in [2.05, 4.69) is 26.6 Å². The fourth-order valence-corrected chi connectivity index (χ4v) is 6.14. The second kappa shape index (κ2) is 19.5. The van der Waals surface area contributed by atoms with E-state index in [1.807, 2.05) is 48.5 Å². The summed E-state index contributed by atoms with van der Waals surface area (Å²) in [6.07, 6.45) is 4.46. The van der Waals surface area contributed by atoms with Crippen LogP contribution in [0, 0.1) is 22.5 Å². The van der Waals surface area contributed by atoms with Crippen molar-refractivity contribution in [1.82, 2.24) is 10.6 Å². The van der Waals surface area contributed by atoms with Crippen LogP contribution in [0.25, 0.3) is 21.6 Å². The highest BCUT2D eigenvalue weighted by Gasteiger charge is 2.39. The van der Waals surface area contributed by atoms with Crippen LogP contribution in [0.5, 0.6) is 11.5 Å². The maximum Gasteiger partial charge on any atom is 0.352 e. The molecule has 1 aliphatic rings. The molecule has 2 amide bonds. The summed E-state index contributed by atoms with van der Waals surface area (Å²) in [6.45, 7) is 2.77. The average Bonchev–Trinajstić information content (AvgIpc) is 3.49. The molecule has 0 saturated heterocycles. The Bertz CT molecular complexity index is 1960. The molecule has 0 spiro atoms. The number of hydrogen-bond acceptors (Lipinski definition) is 11. The van der Waals surface area contributed by atoms with E-state index >= 15 is 0 Å². The predicted octanol–water partition coefficient (Wildman–Crippen LogP) is 6.17. The quantitative estimate of drug-likeness (QED) is 0.0154. The molecule has 0 heterocycles. The van der Waals surface area contributed by atoms with E-state index in [9.17, 15) is 29.3 Å². The van der Waals surface area contributed by atoms with Gasteiger partial charge in [-0.3, -0.25) is 24.5 Å². The third kappa shape index (κ3) is 10.7. The van der Waals surface area contributed by atoms with Crippen LogP contribution in [0.2, 0.25) is 0 Å². The van der Waals surface area contributed by atoms with Gasteiger partial charge in [-0.2, -0.15) is 0 Å². The van der Waals surface area contributed by atoms with Crippen molar-refractivity contribution in [3.63, 3.8) is 0 Å². The second-order valence-electron chi connectivity index (χ2n) is 12.7. The number of esters is 2. The number of ether oxygens (including phenoxy) is 4. The van der Waals surface area contributed by atoms with Gasteiger partial charge in [0.25, 0.3) is 5.69 Å². The van der Waals surface area contributed by atoms with Gasteiger partial charge in [0.05, 0.1) is 30.3 Å². The molecule has 55 heavy (non-hydrogen) atoms. The highest BCUT2D eigenvalue weighted by Crippen LogP contribution is 2.44. The van der Waals surface area contributed by atoms with E-state index in [0.29, 0.717) is 0 Å². The first-order valence-corrected chi connectivity index (χ1v) is 17.5. The molecule has 0 aromatic heterocycles. The summed E-state index contributed by atoms with van der Waals surface area (Å²) >= 11 is 0. The number of nitro benzene ring substituents is 1. The van der Waals surface area contributed by atoms with Crippen LogP contribution in [0.4, 0.5) is 5.69 Å². The molecule has 0 radical (unpaired) electrons.